The number of aromatic nitrogens is 1. The SMILES string of the molecule is CC(C)(C)c1ccc2c3ccccc3n(-c3cccc4c3C(=O)N(c3c(-c5ccccc5)cccc3-c3ccccc3)C4=O)c2c1. The van der Waals surface area contributed by atoms with E-state index in [9.17, 15) is 9.59 Å². The second kappa shape index (κ2) is 10.4. The monoisotopic (exact) mass is 596 g/mol. The van der Waals surface area contributed by atoms with Crippen molar-refractivity contribution in [2.75, 3.05) is 4.90 Å². The summed E-state index contributed by atoms with van der Waals surface area (Å²) in [6, 6.07) is 46.4. The molecule has 4 nitrogen and oxygen atoms in total. The molecule has 46 heavy (non-hydrogen) atoms. The van der Waals surface area contributed by atoms with E-state index in [1.54, 1.807) is 6.07 Å². The van der Waals surface area contributed by atoms with Crippen LogP contribution in [-0.2, 0) is 5.41 Å². The van der Waals surface area contributed by atoms with E-state index in [0.29, 0.717) is 22.5 Å². The first kappa shape index (κ1) is 27.8. The lowest BCUT2D eigenvalue weighted by Gasteiger charge is -2.23. The predicted octanol–water partition coefficient (Wildman–Crippen LogP) is 10.2. The van der Waals surface area contributed by atoms with Crippen LogP contribution in [0.25, 0.3) is 49.7 Å². The van der Waals surface area contributed by atoms with Crippen LogP contribution >= 0.6 is 0 Å². The normalized spacial score (nSPS) is 13.2. The number of benzene rings is 6. The van der Waals surface area contributed by atoms with Crippen molar-refractivity contribution in [2.24, 2.45) is 0 Å². The van der Waals surface area contributed by atoms with Crippen LogP contribution in [0.15, 0.2) is 140 Å². The minimum Gasteiger partial charge on any atom is -0.308 e. The van der Waals surface area contributed by atoms with Gasteiger partial charge in [-0.2, -0.15) is 0 Å². The van der Waals surface area contributed by atoms with E-state index in [1.165, 1.54) is 10.5 Å². The van der Waals surface area contributed by atoms with Gasteiger partial charge in [0.15, 0.2) is 0 Å². The Bertz CT molecular complexity index is 2270. The summed E-state index contributed by atoms with van der Waals surface area (Å²) in [5.41, 5.74) is 8.77. The van der Waals surface area contributed by atoms with Crippen LogP contribution in [0.5, 0.6) is 0 Å². The molecule has 0 bridgehead atoms. The Labute approximate surface area is 268 Å². The second-order valence-corrected chi connectivity index (χ2v) is 12.9. The van der Waals surface area contributed by atoms with Gasteiger partial charge >= 0.3 is 0 Å². The Hall–Kier alpha value is -5.74. The summed E-state index contributed by atoms with van der Waals surface area (Å²) in [6.07, 6.45) is 0. The van der Waals surface area contributed by atoms with E-state index in [1.807, 2.05) is 103 Å². The highest BCUT2D eigenvalue weighted by Crippen LogP contribution is 2.45. The van der Waals surface area contributed by atoms with Gasteiger partial charge in [-0.1, -0.05) is 136 Å². The molecule has 1 aliphatic rings. The Morgan fingerprint density at radius 1 is 0.500 bits per heavy atom. The van der Waals surface area contributed by atoms with E-state index >= 15 is 0 Å². The molecule has 0 radical (unpaired) electrons. The summed E-state index contributed by atoms with van der Waals surface area (Å²) in [7, 11) is 0. The summed E-state index contributed by atoms with van der Waals surface area (Å²) in [5.74, 6) is -0.646. The Balaban J connectivity index is 1.39. The average Bonchev–Trinajstić information content (AvgIpc) is 3.55. The number of carbonyl (C=O) groups is 2. The standard InChI is InChI=1S/C42H32N2O2/c1-42(2,3)29-24-25-33-32-18-10-11-22-35(32)43(37(33)26-29)36-23-13-21-34-38(36)41(46)44(40(34)45)39-30(27-14-6-4-7-15-27)19-12-20-31(39)28-16-8-5-9-17-28/h4-26H,1-3H3. The summed E-state index contributed by atoms with van der Waals surface area (Å²) in [6.45, 7) is 6.61. The van der Waals surface area contributed by atoms with Crippen molar-refractivity contribution in [1.29, 1.82) is 0 Å². The van der Waals surface area contributed by atoms with Crippen molar-refractivity contribution in [3.8, 4) is 27.9 Å². The lowest BCUT2D eigenvalue weighted by molar-refractivity contribution is 0.0926. The van der Waals surface area contributed by atoms with Gasteiger partial charge in [0, 0.05) is 21.9 Å². The molecule has 1 aliphatic heterocycles. The van der Waals surface area contributed by atoms with Crippen molar-refractivity contribution < 1.29 is 9.59 Å². The van der Waals surface area contributed by atoms with Crippen LogP contribution in [0.4, 0.5) is 5.69 Å². The maximum absolute atomic E-state index is 14.9. The molecule has 0 saturated carbocycles. The van der Waals surface area contributed by atoms with E-state index < -0.39 is 0 Å². The minimum atomic E-state index is -0.325. The van der Waals surface area contributed by atoms with Crippen LogP contribution < -0.4 is 4.90 Å². The molecule has 2 amide bonds. The Kier molecular flexibility index (Phi) is 6.29. The number of carbonyl (C=O) groups excluding carboxylic acids is 2. The van der Waals surface area contributed by atoms with Crippen LogP contribution in [-0.4, -0.2) is 16.4 Å². The van der Waals surface area contributed by atoms with Gasteiger partial charge < -0.3 is 4.57 Å². The maximum Gasteiger partial charge on any atom is 0.268 e. The fourth-order valence-electron chi connectivity index (χ4n) is 6.84. The number of hydrogen-bond acceptors (Lipinski definition) is 2. The topological polar surface area (TPSA) is 42.3 Å². The first-order valence-corrected chi connectivity index (χ1v) is 15.6. The first-order chi connectivity index (χ1) is 22.3. The number of fused-ring (bicyclic) bond motifs is 4. The van der Waals surface area contributed by atoms with Crippen molar-refractivity contribution in [3.63, 3.8) is 0 Å². The fourth-order valence-corrected chi connectivity index (χ4v) is 6.84. The number of imide groups is 1. The van der Waals surface area contributed by atoms with Crippen molar-refractivity contribution in [2.45, 2.75) is 26.2 Å². The number of rotatable bonds is 4. The molecule has 2 heterocycles. The van der Waals surface area contributed by atoms with Gasteiger partial charge in [-0.05, 0) is 46.4 Å². The number of anilines is 1. The first-order valence-electron chi connectivity index (χ1n) is 15.6. The predicted molar refractivity (Wildman–Crippen MR) is 188 cm³/mol. The molecule has 6 aromatic carbocycles. The maximum atomic E-state index is 14.9. The van der Waals surface area contributed by atoms with E-state index in [4.69, 9.17) is 0 Å². The number of hydrogen-bond donors (Lipinski definition) is 0. The van der Waals surface area contributed by atoms with Crippen molar-refractivity contribution in [1.82, 2.24) is 4.57 Å². The van der Waals surface area contributed by atoms with Gasteiger partial charge in [0.1, 0.15) is 0 Å². The number of amides is 2. The molecule has 0 fully saturated rings. The molecular weight excluding hydrogens is 564 g/mol. The molecule has 0 N–H and O–H groups in total. The molecule has 0 saturated heterocycles. The highest BCUT2D eigenvalue weighted by molar-refractivity contribution is 6.37. The third-order valence-electron chi connectivity index (χ3n) is 9.10. The number of nitrogens with zero attached hydrogens (tertiary/aromatic N) is 2. The van der Waals surface area contributed by atoms with Gasteiger partial charge in [0.2, 0.25) is 0 Å². The third kappa shape index (κ3) is 4.21. The summed E-state index contributed by atoms with van der Waals surface area (Å²) in [4.78, 5) is 30.8. The highest BCUT2D eigenvalue weighted by atomic mass is 16.2. The summed E-state index contributed by atoms with van der Waals surface area (Å²) >= 11 is 0. The van der Waals surface area contributed by atoms with Crippen LogP contribution in [0.3, 0.4) is 0 Å². The van der Waals surface area contributed by atoms with Gasteiger partial charge in [-0.15, -0.1) is 0 Å². The molecular formula is C42H32N2O2. The lowest BCUT2D eigenvalue weighted by Crippen LogP contribution is -2.30. The summed E-state index contributed by atoms with van der Waals surface area (Å²) < 4.78 is 2.16. The van der Waals surface area contributed by atoms with E-state index in [0.717, 1.165) is 44.1 Å². The largest absolute Gasteiger partial charge is 0.308 e. The zero-order valence-electron chi connectivity index (χ0n) is 26.0. The third-order valence-corrected chi connectivity index (χ3v) is 9.10. The summed E-state index contributed by atoms with van der Waals surface area (Å²) in [5, 5.41) is 2.21. The van der Waals surface area contributed by atoms with Crippen LogP contribution in [0, 0.1) is 0 Å². The van der Waals surface area contributed by atoms with Crippen molar-refractivity contribution >= 4 is 39.3 Å². The van der Waals surface area contributed by atoms with E-state index in [-0.39, 0.29) is 17.2 Å². The van der Waals surface area contributed by atoms with Crippen LogP contribution in [0.1, 0.15) is 47.1 Å². The highest BCUT2D eigenvalue weighted by Gasteiger charge is 2.41. The second-order valence-electron chi connectivity index (χ2n) is 12.9. The lowest BCUT2D eigenvalue weighted by atomic mass is 9.86. The quantitative estimate of drug-likeness (QED) is 0.190. The van der Waals surface area contributed by atoms with Gasteiger partial charge in [-0.25, -0.2) is 4.90 Å². The molecule has 0 unspecified atom stereocenters. The average molecular weight is 597 g/mol. The van der Waals surface area contributed by atoms with Crippen molar-refractivity contribution in [3.05, 3.63) is 156 Å². The van der Waals surface area contributed by atoms with Gasteiger partial charge in [-0.3, -0.25) is 9.59 Å². The zero-order chi connectivity index (χ0) is 31.6. The minimum absolute atomic E-state index is 0.0638. The molecule has 7 aromatic rings. The molecule has 4 heteroatoms. The molecule has 0 spiro atoms. The molecule has 8 rings (SSSR count). The zero-order valence-corrected chi connectivity index (χ0v) is 26.0. The molecule has 0 aliphatic carbocycles. The molecule has 222 valence electrons. The number of para-hydroxylation sites is 2. The Morgan fingerprint density at radius 3 is 1.72 bits per heavy atom. The Morgan fingerprint density at radius 2 is 1.07 bits per heavy atom. The smallest absolute Gasteiger partial charge is 0.268 e. The van der Waals surface area contributed by atoms with Gasteiger partial charge in [0.25, 0.3) is 11.8 Å². The van der Waals surface area contributed by atoms with Gasteiger partial charge in [0.05, 0.1) is 33.5 Å². The van der Waals surface area contributed by atoms with Crippen LogP contribution in [0.2, 0.25) is 0 Å². The molecule has 1 aromatic heterocycles. The molecule has 0 atom stereocenters. The van der Waals surface area contributed by atoms with E-state index in [2.05, 4.69) is 55.7 Å². The fraction of sp³-hybridized carbons (Fsp3) is 0.0952.